The zero-order chi connectivity index (χ0) is 56.4. The van der Waals surface area contributed by atoms with Gasteiger partial charge in [0.2, 0.25) is 29.5 Å². The molecule has 1 aliphatic heterocycles. The van der Waals surface area contributed by atoms with Gasteiger partial charge in [-0.3, -0.25) is 33.7 Å². The molecule has 1 saturated carbocycles. The Morgan fingerprint density at radius 3 is 1.70 bits per heavy atom. The van der Waals surface area contributed by atoms with E-state index in [1.165, 1.54) is 10.5 Å². The fourth-order valence-corrected chi connectivity index (χ4v) is 9.49. The van der Waals surface area contributed by atoms with Gasteiger partial charge < -0.3 is 64.9 Å². The third-order valence-electron chi connectivity index (χ3n) is 13.5. The number of ether oxygens (including phenoxy) is 8. The van der Waals surface area contributed by atoms with Crippen LogP contribution in [0.15, 0.2) is 35.9 Å². The molecule has 77 heavy (non-hydrogen) atoms. The van der Waals surface area contributed by atoms with Gasteiger partial charge in [-0.2, -0.15) is 0 Å². The molecular weight excluding hydrogens is 997 g/mol. The molecule has 21 heteroatoms. The van der Waals surface area contributed by atoms with Crippen molar-refractivity contribution in [3.8, 4) is 0 Å². The number of nitrogens with two attached hydrogens (primary N) is 1. The summed E-state index contributed by atoms with van der Waals surface area (Å²) < 4.78 is 42.9. The van der Waals surface area contributed by atoms with E-state index in [1.54, 1.807) is 0 Å². The van der Waals surface area contributed by atoms with Gasteiger partial charge in [0.15, 0.2) is 5.78 Å². The molecule has 1 saturated heterocycles. The number of imide groups is 1. The molecular formula is C56H92N6O15. The topological polar surface area (TPSA) is 271 Å². The van der Waals surface area contributed by atoms with Crippen molar-refractivity contribution < 1.29 is 71.5 Å². The lowest BCUT2D eigenvalue weighted by molar-refractivity contribution is -0.141. The zero-order valence-electron chi connectivity index (χ0n) is 47.0. The number of carbonyl (C=O) groups is 7. The maximum atomic E-state index is 13.2. The number of hydrogen-bond donors (Lipinski definition) is 5. The second-order valence-electron chi connectivity index (χ2n) is 19.8. The number of benzene rings is 1. The van der Waals surface area contributed by atoms with Gasteiger partial charge in [0.25, 0.3) is 0 Å². The van der Waals surface area contributed by atoms with Crippen molar-refractivity contribution in [3.63, 3.8) is 0 Å². The number of amides is 7. The highest BCUT2D eigenvalue weighted by Gasteiger charge is 2.61. The number of ketones is 1. The van der Waals surface area contributed by atoms with E-state index in [0.29, 0.717) is 137 Å². The minimum Gasteiger partial charge on any atom is -0.379 e. The average molecular weight is 1090 g/mol. The Morgan fingerprint density at radius 2 is 1.18 bits per heavy atom. The van der Waals surface area contributed by atoms with E-state index in [0.717, 1.165) is 18.4 Å². The van der Waals surface area contributed by atoms with Crippen LogP contribution in [-0.4, -0.2) is 178 Å². The SMILES string of the molecule is CCOCCOCCC(=O)N[C@H](C(=O)C[C@@H](CCCNC(N)=O)C(=O)Nc1ccc(CC)cc1)C(C)C.CCOCCOCCOCCOCCOCCOCCNC(=O)CCN1C(=O)C2C3C=C(C(C)C)C(C3)C2C1=O. The molecule has 0 radical (unpaired) electrons. The van der Waals surface area contributed by atoms with Crippen molar-refractivity contribution >= 4 is 47.0 Å². The molecule has 7 amide bonds. The first-order chi connectivity index (χ1) is 37.1. The maximum Gasteiger partial charge on any atom is 0.312 e. The Bertz CT molecular complexity index is 1950. The molecule has 1 aromatic rings. The summed E-state index contributed by atoms with van der Waals surface area (Å²) in [5, 5.41) is 11.0. The Hall–Kier alpha value is -4.87. The predicted octanol–water partition coefficient (Wildman–Crippen LogP) is 4.24. The van der Waals surface area contributed by atoms with Crippen LogP contribution in [0.5, 0.6) is 0 Å². The minimum atomic E-state index is -0.723. The highest BCUT2D eigenvalue weighted by atomic mass is 16.6. The van der Waals surface area contributed by atoms with Crippen molar-refractivity contribution in [3.05, 3.63) is 41.5 Å². The van der Waals surface area contributed by atoms with E-state index in [9.17, 15) is 33.6 Å². The number of nitrogens with one attached hydrogen (secondary N) is 4. The molecule has 4 unspecified atom stereocenters. The summed E-state index contributed by atoms with van der Waals surface area (Å²) in [6.45, 7) is 22.5. The molecule has 2 bridgehead atoms. The van der Waals surface area contributed by atoms with Gasteiger partial charge in [-0.05, 0) is 80.9 Å². The molecule has 2 fully saturated rings. The van der Waals surface area contributed by atoms with Gasteiger partial charge in [-0.15, -0.1) is 0 Å². The van der Waals surface area contributed by atoms with Crippen molar-refractivity contribution in [2.45, 2.75) is 99.5 Å². The number of aryl methyl sites for hydroxylation is 1. The molecule has 2 aliphatic carbocycles. The van der Waals surface area contributed by atoms with Crippen LogP contribution >= 0.6 is 0 Å². The van der Waals surface area contributed by atoms with E-state index in [2.05, 4.69) is 48.1 Å². The summed E-state index contributed by atoms with van der Waals surface area (Å²) in [5.41, 5.74) is 8.24. The molecule has 6 atom stereocenters. The number of hydrogen-bond acceptors (Lipinski definition) is 15. The number of rotatable bonds is 42. The first kappa shape index (κ1) is 66.4. The van der Waals surface area contributed by atoms with Crippen LogP contribution in [0.25, 0.3) is 0 Å². The van der Waals surface area contributed by atoms with E-state index >= 15 is 0 Å². The van der Waals surface area contributed by atoms with Crippen LogP contribution in [0.1, 0.15) is 92.6 Å². The van der Waals surface area contributed by atoms with Crippen molar-refractivity contribution in [1.82, 2.24) is 20.9 Å². The maximum absolute atomic E-state index is 13.2. The van der Waals surface area contributed by atoms with Gasteiger partial charge in [0.05, 0.1) is 110 Å². The number of anilines is 1. The van der Waals surface area contributed by atoms with Crippen molar-refractivity contribution in [1.29, 1.82) is 0 Å². The highest BCUT2D eigenvalue weighted by molar-refractivity contribution is 6.06. The van der Waals surface area contributed by atoms with Gasteiger partial charge in [-0.1, -0.05) is 58.4 Å². The van der Waals surface area contributed by atoms with Gasteiger partial charge in [0.1, 0.15) is 0 Å². The molecule has 1 aromatic carbocycles. The Morgan fingerprint density at radius 1 is 0.649 bits per heavy atom. The number of nitrogens with zero attached hydrogens (tertiary/aromatic N) is 1. The quantitative estimate of drug-likeness (QED) is 0.0348. The van der Waals surface area contributed by atoms with Crippen LogP contribution in [0.3, 0.4) is 0 Å². The third-order valence-corrected chi connectivity index (χ3v) is 13.5. The summed E-state index contributed by atoms with van der Waals surface area (Å²) in [7, 11) is 0. The normalized spacial score (nSPS) is 18.2. The van der Waals surface area contributed by atoms with E-state index in [1.807, 2.05) is 52.0 Å². The first-order valence-electron chi connectivity index (χ1n) is 27.8. The lowest BCUT2D eigenvalue weighted by Crippen LogP contribution is -2.45. The number of carbonyl (C=O) groups excluding carboxylic acids is 7. The molecule has 0 aromatic heterocycles. The van der Waals surface area contributed by atoms with Gasteiger partial charge in [0, 0.05) is 63.7 Å². The fraction of sp³-hybridized carbons (Fsp3) is 0.732. The first-order valence-corrected chi connectivity index (χ1v) is 27.8. The van der Waals surface area contributed by atoms with Crippen LogP contribution in [0, 0.1) is 41.4 Å². The summed E-state index contributed by atoms with van der Waals surface area (Å²) in [5.74, 6) is -1.69. The number of Topliss-reactive ketones (excluding diaryl/α,β-unsaturated/α-hetero) is 1. The lowest BCUT2D eigenvalue weighted by atomic mass is 9.78. The van der Waals surface area contributed by atoms with Crippen molar-refractivity contribution in [2.75, 3.05) is 131 Å². The summed E-state index contributed by atoms with van der Waals surface area (Å²) in [6.07, 6.45) is 5.06. The monoisotopic (exact) mass is 1090 g/mol. The predicted molar refractivity (Wildman–Crippen MR) is 290 cm³/mol. The Kier molecular flexibility index (Phi) is 33.3. The van der Waals surface area contributed by atoms with Crippen LogP contribution in [-0.2, 0) is 73.1 Å². The van der Waals surface area contributed by atoms with E-state index < -0.39 is 18.0 Å². The minimum absolute atomic E-state index is 0.0383. The van der Waals surface area contributed by atoms with E-state index in [4.69, 9.17) is 43.6 Å². The standard InChI is InChI=1S/C29H48N2O9.C27H44N4O6/c1-4-35-9-10-37-13-14-39-17-18-40-16-15-38-12-11-36-8-6-30-25(32)5-7-31-28(33)26-22-19-23(21(2)3)24(20-22)27(26)29(31)34;1-5-20-9-11-22(12-10-20)30-26(34)21(8-7-14-29-27(28)35)18-23(32)25(19(3)4)31-24(33)13-15-37-17-16-36-6-2/h19,21-22,24,26-27H,4-18,20H2,1-3H3,(H,30,32);9-12,19,21,25H,5-8,13-18H2,1-4H3,(H,30,34)(H,31,33)(H3,28,29,35)/t;21-,25+/m.1/s1. The lowest BCUT2D eigenvalue weighted by Gasteiger charge is -2.24. The van der Waals surface area contributed by atoms with E-state index in [-0.39, 0.29) is 97.3 Å². The molecule has 21 nitrogen and oxygen atoms in total. The van der Waals surface area contributed by atoms with Crippen LogP contribution in [0.2, 0.25) is 0 Å². The molecule has 6 N–H and O–H groups in total. The largest absolute Gasteiger partial charge is 0.379 e. The van der Waals surface area contributed by atoms with Gasteiger partial charge >= 0.3 is 6.03 Å². The number of allylic oxidation sites excluding steroid dienone is 2. The Labute approximate surface area is 456 Å². The average Bonchev–Trinajstić information content (AvgIpc) is 4.24. The Balaban J connectivity index is 0.000000407. The number of primary amides is 1. The second kappa shape index (κ2) is 38.7. The molecule has 4 rings (SSSR count). The summed E-state index contributed by atoms with van der Waals surface area (Å²) in [6, 6.07) is 6.18. The third kappa shape index (κ3) is 25.2. The second-order valence-corrected chi connectivity index (χ2v) is 19.8. The van der Waals surface area contributed by atoms with Crippen molar-refractivity contribution in [2.24, 2.45) is 47.2 Å². The molecule has 1 heterocycles. The molecule has 3 aliphatic rings. The summed E-state index contributed by atoms with van der Waals surface area (Å²) in [4.78, 5) is 89.2. The number of likely N-dealkylation sites (tertiary alicyclic amines) is 1. The fourth-order valence-electron chi connectivity index (χ4n) is 9.49. The smallest absolute Gasteiger partial charge is 0.312 e. The van der Waals surface area contributed by atoms with Gasteiger partial charge in [-0.25, -0.2) is 4.79 Å². The number of fused-ring (bicyclic) bond motifs is 5. The number of urea groups is 1. The summed E-state index contributed by atoms with van der Waals surface area (Å²) >= 11 is 0. The molecule has 436 valence electrons. The van der Waals surface area contributed by atoms with Crippen LogP contribution < -0.4 is 27.0 Å². The molecule has 0 spiro atoms. The van der Waals surface area contributed by atoms with Crippen LogP contribution in [0.4, 0.5) is 10.5 Å². The highest BCUT2D eigenvalue weighted by Crippen LogP contribution is 2.57. The zero-order valence-corrected chi connectivity index (χ0v) is 47.0.